The molecule has 1 fully saturated rings. The second kappa shape index (κ2) is 8.48. The van der Waals surface area contributed by atoms with Gasteiger partial charge >= 0.3 is 5.84 Å². The first-order valence-corrected chi connectivity index (χ1v) is 10.4. The number of aromatic hydroxyl groups is 1. The Hall–Kier alpha value is -2.13. The monoisotopic (exact) mass is 416 g/mol. The van der Waals surface area contributed by atoms with E-state index in [0.717, 1.165) is 40.0 Å². The molecule has 0 amide bonds. The highest BCUT2D eigenvalue weighted by atomic mass is 32.1. The number of methoxy groups -OCH3 is 1. The second-order valence-corrected chi connectivity index (χ2v) is 8.21. The predicted octanol–water partition coefficient (Wildman–Crippen LogP) is 1.57. The molecule has 0 bridgehead atoms. The zero-order valence-electron chi connectivity index (χ0n) is 15.6. The van der Waals surface area contributed by atoms with Crippen LogP contribution in [0.4, 0.5) is 0 Å². The minimum absolute atomic E-state index is 0.174. The Balaban J connectivity index is 1.85. The summed E-state index contributed by atoms with van der Waals surface area (Å²) in [5, 5.41) is 12.7. The average Bonchev–Trinajstić information content (AvgIpc) is 2.99. The van der Waals surface area contributed by atoms with E-state index >= 15 is 0 Å². The number of aromatic nitrogens is 1. The van der Waals surface area contributed by atoms with Gasteiger partial charge in [-0.3, -0.25) is 9.14 Å². The summed E-state index contributed by atoms with van der Waals surface area (Å²) in [6.07, 6.45) is 4.10. The Bertz CT molecular complexity index is 1120. The number of benzene rings is 1. The van der Waals surface area contributed by atoms with Crippen molar-refractivity contribution in [3.05, 3.63) is 49.2 Å². The van der Waals surface area contributed by atoms with Crippen molar-refractivity contribution >= 4 is 41.5 Å². The van der Waals surface area contributed by atoms with Crippen LogP contribution in [0.1, 0.15) is 4.88 Å². The Morgan fingerprint density at radius 2 is 2.14 bits per heavy atom. The molecular formula is C20H22N3O3S2+. The second-order valence-electron chi connectivity index (χ2n) is 6.54. The summed E-state index contributed by atoms with van der Waals surface area (Å²) in [6, 6.07) is 8.07. The number of ether oxygens (including phenoxy) is 2. The van der Waals surface area contributed by atoms with Crippen molar-refractivity contribution in [2.45, 2.75) is 6.54 Å². The van der Waals surface area contributed by atoms with Crippen LogP contribution < -0.4 is 10.6 Å². The molecule has 3 heterocycles. The highest BCUT2D eigenvalue weighted by Crippen LogP contribution is 2.29. The van der Waals surface area contributed by atoms with Crippen molar-refractivity contribution in [2.75, 3.05) is 40.0 Å². The molecule has 0 saturated carbocycles. The van der Waals surface area contributed by atoms with Gasteiger partial charge in [-0.15, -0.1) is 11.3 Å². The van der Waals surface area contributed by atoms with Gasteiger partial charge in [0, 0.05) is 12.3 Å². The maximum absolute atomic E-state index is 10.7. The third-order valence-electron chi connectivity index (χ3n) is 4.74. The van der Waals surface area contributed by atoms with Gasteiger partial charge in [-0.05, 0) is 35.4 Å². The quantitative estimate of drug-likeness (QED) is 0.607. The molecule has 0 unspecified atom stereocenters. The molecule has 1 aromatic carbocycles. The van der Waals surface area contributed by atoms with Crippen LogP contribution in [0.25, 0.3) is 12.2 Å². The van der Waals surface area contributed by atoms with Crippen LogP contribution in [0.15, 0.2) is 34.8 Å². The predicted molar refractivity (Wildman–Crippen MR) is 112 cm³/mol. The fourth-order valence-electron chi connectivity index (χ4n) is 3.29. The van der Waals surface area contributed by atoms with Crippen molar-refractivity contribution in [3.63, 3.8) is 0 Å². The molecule has 8 heteroatoms. The van der Waals surface area contributed by atoms with Gasteiger partial charge in [-0.2, -0.15) is 0 Å². The van der Waals surface area contributed by atoms with Crippen molar-refractivity contribution in [2.24, 2.45) is 4.99 Å². The lowest BCUT2D eigenvalue weighted by Crippen LogP contribution is -2.38. The van der Waals surface area contributed by atoms with E-state index in [1.165, 1.54) is 11.3 Å². The zero-order valence-corrected chi connectivity index (χ0v) is 17.3. The molecule has 1 N–H and O–H groups in total. The number of hydrogen-bond donors (Lipinski definition) is 1. The highest BCUT2D eigenvalue weighted by molar-refractivity contribution is 7.73. The fourth-order valence-corrected chi connectivity index (χ4v) is 4.60. The lowest BCUT2D eigenvalue weighted by Gasteiger charge is -2.16. The standard InChI is InChI=1S/C20H21N3O3S2/c1-25-9-8-23-19(24)17(28-20(23)27)13-15-12-14-4-2-3-5-16(14)21-18(15)22-6-10-26-11-7-22/h2-5,12-13H,6-11H2,1H3/p+1. The van der Waals surface area contributed by atoms with E-state index in [-0.39, 0.29) is 5.88 Å². The third kappa shape index (κ3) is 3.86. The third-order valence-corrected chi connectivity index (χ3v) is 6.13. The molecule has 0 aliphatic carbocycles. The minimum atomic E-state index is 0.174. The first kappa shape index (κ1) is 19.2. The first-order chi connectivity index (χ1) is 13.7. The number of hydrogen-bond acceptors (Lipinski definition) is 5. The van der Waals surface area contributed by atoms with Crippen molar-refractivity contribution < 1.29 is 19.2 Å². The molecule has 146 valence electrons. The summed E-state index contributed by atoms with van der Waals surface area (Å²) in [4.78, 5) is 5.64. The van der Waals surface area contributed by atoms with Crippen LogP contribution in [0.2, 0.25) is 0 Å². The number of amidine groups is 1. The molecule has 0 atom stereocenters. The van der Waals surface area contributed by atoms with Crippen LogP contribution in [-0.4, -0.2) is 60.1 Å². The van der Waals surface area contributed by atoms with Crippen molar-refractivity contribution in [3.8, 4) is 5.88 Å². The molecule has 1 aromatic heterocycles. The summed E-state index contributed by atoms with van der Waals surface area (Å²) in [7, 11) is 1.63. The van der Waals surface area contributed by atoms with Gasteiger partial charge in [0.2, 0.25) is 5.88 Å². The Kier molecular flexibility index (Phi) is 5.82. The van der Waals surface area contributed by atoms with Crippen molar-refractivity contribution in [1.29, 1.82) is 0 Å². The molecule has 2 aliphatic rings. The molecule has 4 rings (SSSR count). The number of para-hydroxylation sites is 1. The molecule has 2 aromatic rings. The molecule has 2 aliphatic heterocycles. The first-order valence-electron chi connectivity index (χ1n) is 9.16. The summed E-state index contributed by atoms with van der Waals surface area (Å²) in [5.74, 6) is 1.08. The summed E-state index contributed by atoms with van der Waals surface area (Å²) >= 11 is 6.82. The van der Waals surface area contributed by atoms with Gasteiger partial charge in [0.25, 0.3) is 0 Å². The topological polar surface area (TPSA) is 59.0 Å². The normalized spacial score (nSPS) is 18.0. The molecule has 1 saturated heterocycles. The van der Waals surface area contributed by atoms with E-state index < -0.39 is 0 Å². The molecule has 6 nitrogen and oxygen atoms in total. The number of thiazole rings is 1. The van der Waals surface area contributed by atoms with E-state index in [0.29, 0.717) is 30.3 Å². The van der Waals surface area contributed by atoms with Gasteiger partial charge in [0.15, 0.2) is 9.31 Å². The molecule has 28 heavy (non-hydrogen) atoms. The molecule has 0 spiro atoms. The van der Waals surface area contributed by atoms with Crippen LogP contribution in [0, 0.1) is 3.95 Å². The summed E-state index contributed by atoms with van der Waals surface area (Å²) in [6.45, 7) is 3.98. The summed E-state index contributed by atoms with van der Waals surface area (Å²) < 4.78 is 15.2. The van der Waals surface area contributed by atoms with Gasteiger partial charge in [0.1, 0.15) is 13.1 Å². The zero-order chi connectivity index (χ0) is 19.5. The SMILES string of the molecule is COCCn1c(O)c(/C=C2\C=c3ccccc3=NC2=[N+]2CCOCC2)sc1=S. The van der Waals surface area contributed by atoms with Crippen LogP contribution in [0.5, 0.6) is 5.88 Å². The van der Waals surface area contributed by atoms with E-state index in [9.17, 15) is 5.11 Å². The van der Waals surface area contributed by atoms with Gasteiger partial charge in [-0.25, -0.2) is 0 Å². The highest BCUT2D eigenvalue weighted by Gasteiger charge is 2.24. The largest absolute Gasteiger partial charge is 0.493 e. The van der Waals surface area contributed by atoms with Gasteiger partial charge < -0.3 is 14.6 Å². The lowest BCUT2D eigenvalue weighted by atomic mass is 10.1. The van der Waals surface area contributed by atoms with Crippen LogP contribution in [0.3, 0.4) is 0 Å². The Labute approximate surface area is 172 Å². The van der Waals surface area contributed by atoms with Crippen LogP contribution in [-0.2, 0) is 16.0 Å². The minimum Gasteiger partial charge on any atom is -0.493 e. The maximum Gasteiger partial charge on any atom is 0.326 e. The van der Waals surface area contributed by atoms with Gasteiger partial charge in [0.05, 0.1) is 36.8 Å². The average molecular weight is 417 g/mol. The lowest BCUT2D eigenvalue weighted by molar-refractivity contribution is -0.549. The number of morpholine rings is 1. The fraction of sp³-hybridized carbons (Fsp3) is 0.350. The van der Waals surface area contributed by atoms with Crippen LogP contribution >= 0.6 is 23.6 Å². The van der Waals surface area contributed by atoms with Gasteiger partial charge in [-0.1, -0.05) is 18.2 Å². The number of fused-ring (bicyclic) bond motifs is 1. The summed E-state index contributed by atoms with van der Waals surface area (Å²) in [5.41, 5.74) is 0.964. The molecule has 0 radical (unpaired) electrons. The Morgan fingerprint density at radius 1 is 1.36 bits per heavy atom. The van der Waals surface area contributed by atoms with E-state index in [2.05, 4.69) is 10.7 Å². The number of rotatable bonds is 4. The number of nitrogens with zero attached hydrogens (tertiary/aromatic N) is 3. The smallest absolute Gasteiger partial charge is 0.326 e. The Morgan fingerprint density at radius 3 is 2.93 bits per heavy atom. The molecular weight excluding hydrogens is 394 g/mol. The van der Waals surface area contributed by atoms with E-state index in [1.54, 1.807) is 11.7 Å². The maximum atomic E-state index is 10.7. The van der Waals surface area contributed by atoms with E-state index in [1.807, 2.05) is 30.3 Å². The van der Waals surface area contributed by atoms with E-state index in [4.69, 9.17) is 26.7 Å². The van der Waals surface area contributed by atoms with Crippen molar-refractivity contribution in [1.82, 2.24) is 4.57 Å².